The van der Waals surface area contributed by atoms with Gasteiger partial charge in [0.05, 0.1) is 0 Å². The standard InChI is InChI=1S/C14H16N4O2S/c15-21(19,20)14-17-16-13(18(14)12-5-6-12)11-7-9-3-1-2-4-10(9)8-11/h1-4,11-12H,5-8H2,(H2,15,19,20). The Labute approximate surface area is 123 Å². The third-order valence-electron chi connectivity index (χ3n) is 4.27. The van der Waals surface area contributed by atoms with Gasteiger partial charge in [0.25, 0.3) is 15.2 Å². The Morgan fingerprint density at radius 1 is 1.10 bits per heavy atom. The number of hydrogen-bond acceptors (Lipinski definition) is 4. The highest BCUT2D eigenvalue weighted by atomic mass is 32.2. The predicted molar refractivity (Wildman–Crippen MR) is 76.3 cm³/mol. The molecule has 0 bridgehead atoms. The molecule has 21 heavy (non-hydrogen) atoms. The van der Waals surface area contributed by atoms with Crippen LogP contribution in [0.25, 0.3) is 0 Å². The van der Waals surface area contributed by atoms with Gasteiger partial charge in [-0.1, -0.05) is 24.3 Å². The van der Waals surface area contributed by atoms with Crippen molar-refractivity contribution in [2.75, 3.05) is 0 Å². The molecule has 0 atom stereocenters. The lowest BCUT2D eigenvalue weighted by Crippen LogP contribution is -2.20. The van der Waals surface area contributed by atoms with E-state index in [-0.39, 0.29) is 17.1 Å². The highest BCUT2D eigenvalue weighted by Gasteiger charge is 2.37. The zero-order valence-electron chi connectivity index (χ0n) is 11.4. The van der Waals surface area contributed by atoms with E-state index in [2.05, 4.69) is 22.3 Å². The maximum Gasteiger partial charge on any atom is 0.273 e. The lowest BCUT2D eigenvalue weighted by molar-refractivity contribution is 0.542. The maximum absolute atomic E-state index is 11.7. The van der Waals surface area contributed by atoms with Crippen LogP contribution in [0, 0.1) is 0 Å². The van der Waals surface area contributed by atoms with Gasteiger partial charge in [0, 0.05) is 12.0 Å². The van der Waals surface area contributed by atoms with Gasteiger partial charge >= 0.3 is 0 Å². The molecule has 0 saturated heterocycles. The Kier molecular flexibility index (Phi) is 2.71. The molecule has 6 nitrogen and oxygen atoms in total. The Hall–Kier alpha value is -1.73. The highest BCUT2D eigenvalue weighted by molar-refractivity contribution is 7.89. The summed E-state index contributed by atoms with van der Waals surface area (Å²) in [5, 5.41) is 13.2. The second-order valence-electron chi connectivity index (χ2n) is 5.86. The van der Waals surface area contributed by atoms with Crippen LogP contribution in [0.4, 0.5) is 0 Å². The summed E-state index contributed by atoms with van der Waals surface area (Å²) in [4.78, 5) is 0. The maximum atomic E-state index is 11.7. The molecular weight excluding hydrogens is 288 g/mol. The van der Waals surface area contributed by atoms with Crippen LogP contribution >= 0.6 is 0 Å². The smallest absolute Gasteiger partial charge is 0.273 e. The molecule has 110 valence electrons. The van der Waals surface area contributed by atoms with Gasteiger partial charge in [0.1, 0.15) is 5.82 Å². The summed E-state index contributed by atoms with van der Waals surface area (Å²) in [7, 11) is -3.83. The van der Waals surface area contributed by atoms with Crippen LogP contribution in [-0.4, -0.2) is 23.2 Å². The molecule has 2 aromatic rings. The van der Waals surface area contributed by atoms with Crippen molar-refractivity contribution in [2.24, 2.45) is 5.14 Å². The molecule has 1 saturated carbocycles. The quantitative estimate of drug-likeness (QED) is 0.920. The minimum Gasteiger partial charge on any atom is -0.297 e. The minimum absolute atomic E-state index is 0.0871. The first-order chi connectivity index (χ1) is 10.0. The predicted octanol–water partition coefficient (Wildman–Crippen LogP) is 1.14. The van der Waals surface area contributed by atoms with Crippen molar-refractivity contribution in [1.29, 1.82) is 0 Å². The number of sulfonamides is 1. The molecule has 0 amide bonds. The summed E-state index contributed by atoms with van der Waals surface area (Å²) < 4.78 is 25.1. The van der Waals surface area contributed by atoms with E-state index in [4.69, 9.17) is 5.14 Å². The summed E-state index contributed by atoms with van der Waals surface area (Å²) in [6.07, 6.45) is 3.69. The molecular formula is C14H16N4O2S. The zero-order valence-corrected chi connectivity index (χ0v) is 12.3. The Balaban J connectivity index is 1.76. The van der Waals surface area contributed by atoms with Gasteiger partial charge in [0.15, 0.2) is 0 Å². The van der Waals surface area contributed by atoms with E-state index in [1.165, 1.54) is 11.1 Å². The third-order valence-corrected chi connectivity index (χ3v) is 5.06. The van der Waals surface area contributed by atoms with E-state index in [0.717, 1.165) is 31.5 Å². The molecule has 0 aliphatic heterocycles. The van der Waals surface area contributed by atoms with Gasteiger partial charge < -0.3 is 0 Å². The lowest BCUT2D eigenvalue weighted by Gasteiger charge is -2.12. The van der Waals surface area contributed by atoms with Gasteiger partial charge in [-0.3, -0.25) is 4.57 Å². The second kappa shape index (κ2) is 4.38. The summed E-state index contributed by atoms with van der Waals surface area (Å²) in [5.41, 5.74) is 2.62. The first-order valence-electron chi connectivity index (χ1n) is 7.08. The summed E-state index contributed by atoms with van der Waals surface area (Å²) >= 11 is 0. The summed E-state index contributed by atoms with van der Waals surface area (Å²) in [6, 6.07) is 8.49. The average Bonchev–Trinajstić information content (AvgIpc) is 3.02. The Morgan fingerprint density at radius 2 is 1.71 bits per heavy atom. The molecule has 1 fully saturated rings. The number of primary sulfonamides is 1. The summed E-state index contributed by atoms with van der Waals surface area (Å²) in [5.74, 6) is 0.948. The molecule has 0 radical (unpaired) electrons. The van der Waals surface area contributed by atoms with Crippen LogP contribution < -0.4 is 5.14 Å². The molecule has 0 spiro atoms. The first kappa shape index (κ1) is 13.0. The van der Waals surface area contributed by atoms with Crippen molar-refractivity contribution in [3.63, 3.8) is 0 Å². The van der Waals surface area contributed by atoms with Crippen LogP contribution in [0.2, 0.25) is 0 Å². The largest absolute Gasteiger partial charge is 0.297 e. The van der Waals surface area contributed by atoms with E-state index in [1.54, 1.807) is 4.57 Å². The van der Waals surface area contributed by atoms with Gasteiger partial charge in [-0.2, -0.15) is 0 Å². The zero-order chi connectivity index (χ0) is 14.6. The van der Waals surface area contributed by atoms with Crippen LogP contribution in [0.1, 0.15) is 41.8 Å². The van der Waals surface area contributed by atoms with Gasteiger partial charge in [-0.25, -0.2) is 13.6 Å². The fraction of sp³-hybridized carbons (Fsp3) is 0.429. The molecule has 2 aliphatic rings. The Morgan fingerprint density at radius 3 is 2.24 bits per heavy atom. The van der Waals surface area contributed by atoms with Crippen molar-refractivity contribution in [3.05, 3.63) is 41.2 Å². The number of fused-ring (bicyclic) bond motifs is 1. The fourth-order valence-corrected chi connectivity index (χ4v) is 3.85. The van der Waals surface area contributed by atoms with Gasteiger partial charge in [-0.15, -0.1) is 10.2 Å². The fourth-order valence-electron chi connectivity index (χ4n) is 3.18. The highest BCUT2D eigenvalue weighted by Crippen LogP contribution is 2.41. The van der Waals surface area contributed by atoms with Crippen molar-refractivity contribution in [3.8, 4) is 0 Å². The number of aromatic nitrogens is 3. The molecule has 0 unspecified atom stereocenters. The monoisotopic (exact) mass is 304 g/mol. The van der Waals surface area contributed by atoms with Crippen LogP contribution in [0.15, 0.2) is 29.4 Å². The molecule has 2 aliphatic carbocycles. The van der Waals surface area contributed by atoms with Crippen LogP contribution in [0.5, 0.6) is 0 Å². The second-order valence-corrected chi connectivity index (χ2v) is 7.32. The third kappa shape index (κ3) is 2.16. The molecule has 1 heterocycles. The van der Waals surface area contributed by atoms with E-state index < -0.39 is 10.0 Å². The molecule has 7 heteroatoms. The van der Waals surface area contributed by atoms with Crippen LogP contribution in [0.3, 0.4) is 0 Å². The van der Waals surface area contributed by atoms with E-state index in [0.29, 0.717) is 0 Å². The van der Waals surface area contributed by atoms with Gasteiger partial charge in [0.2, 0.25) is 0 Å². The van der Waals surface area contributed by atoms with Gasteiger partial charge in [-0.05, 0) is 36.8 Å². The number of nitrogens with zero attached hydrogens (tertiary/aromatic N) is 3. The number of benzene rings is 1. The summed E-state index contributed by atoms with van der Waals surface area (Å²) in [6.45, 7) is 0. The normalized spacial score (nSPS) is 18.9. The number of nitrogens with two attached hydrogens (primary N) is 1. The lowest BCUT2D eigenvalue weighted by atomic mass is 10.1. The topological polar surface area (TPSA) is 90.9 Å². The number of hydrogen-bond donors (Lipinski definition) is 1. The minimum atomic E-state index is -3.83. The van der Waals surface area contributed by atoms with Crippen LogP contribution in [-0.2, 0) is 22.9 Å². The van der Waals surface area contributed by atoms with Crippen molar-refractivity contribution in [1.82, 2.24) is 14.8 Å². The average molecular weight is 304 g/mol. The van der Waals surface area contributed by atoms with E-state index >= 15 is 0 Å². The Bertz CT molecular complexity index is 783. The van der Waals surface area contributed by atoms with E-state index in [9.17, 15) is 8.42 Å². The molecule has 4 rings (SSSR count). The van der Waals surface area contributed by atoms with Crippen molar-refractivity contribution >= 4 is 10.0 Å². The van der Waals surface area contributed by atoms with Crippen molar-refractivity contribution < 1.29 is 8.42 Å². The SMILES string of the molecule is NS(=O)(=O)c1nnc(C2Cc3ccccc3C2)n1C1CC1. The van der Waals surface area contributed by atoms with E-state index in [1.807, 2.05) is 12.1 Å². The molecule has 2 N–H and O–H groups in total. The molecule has 1 aromatic heterocycles. The van der Waals surface area contributed by atoms with Crippen molar-refractivity contribution in [2.45, 2.75) is 42.8 Å². The first-order valence-corrected chi connectivity index (χ1v) is 8.63. The number of rotatable bonds is 3. The molecule has 1 aromatic carbocycles.